The maximum Gasteiger partial charge on any atom is 0.243 e. The van der Waals surface area contributed by atoms with Gasteiger partial charge in [0, 0.05) is 19.3 Å². The third-order valence-electron chi connectivity index (χ3n) is 2.83. The van der Waals surface area contributed by atoms with Crippen molar-refractivity contribution in [3.63, 3.8) is 0 Å². The van der Waals surface area contributed by atoms with E-state index in [-0.39, 0.29) is 16.1 Å². The van der Waals surface area contributed by atoms with Crippen molar-refractivity contribution in [2.45, 2.75) is 37.6 Å². The molecule has 0 fully saturated rings. The molecule has 17 heavy (non-hydrogen) atoms. The van der Waals surface area contributed by atoms with Crippen LogP contribution in [0.2, 0.25) is 5.15 Å². The summed E-state index contributed by atoms with van der Waals surface area (Å²) in [4.78, 5) is 3.97. The molecule has 1 aromatic heterocycles. The van der Waals surface area contributed by atoms with Crippen molar-refractivity contribution in [1.29, 1.82) is 0 Å². The van der Waals surface area contributed by atoms with Crippen molar-refractivity contribution in [2.24, 2.45) is 0 Å². The van der Waals surface area contributed by atoms with Gasteiger partial charge in [0.2, 0.25) is 10.0 Å². The Morgan fingerprint density at radius 1 is 1.41 bits per heavy atom. The molecule has 0 atom stereocenters. The average Bonchev–Trinajstić information content (AvgIpc) is 2.30. The zero-order valence-corrected chi connectivity index (χ0v) is 11.8. The van der Waals surface area contributed by atoms with Gasteiger partial charge < -0.3 is 0 Å². The van der Waals surface area contributed by atoms with Gasteiger partial charge in [-0.1, -0.05) is 25.4 Å². The van der Waals surface area contributed by atoms with Crippen LogP contribution in [0.1, 0.15) is 26.7 Å². The van der Waals surface area contributed by atoms with Crippen LogP contribution in [0.5, 0.6) is 0 Å². The molecule has 0 radical (unpaired) electrons. The smallest absolute Gasteiger partial charge is 0.243 e. The quantitative estimate of drug-likeness (QED) is 0.777. The lowest BCUT2D eigenvalue weighted by Crippen LogP contribution is -2.36. The third-order valence-corrected chi connectivity index (χ3v) is 4.94. The van der Waals surface area contributed by atoms with Crippen molar-refractivity contribution in [3.8, 4) is 0 Å². The van der Waals surface area contributed by atoms with Gasteiger partial charge in [-0.15, -0.1) is 0 Å². The SMILES string of the molecule is CCC(CC)N(C)S(=O)(=O)c1ccnc(Cl)c1. The molecule has 0 aliphatic rings. The van der Waals surface area contributed by atoms with Crippen molar-refractivity contribution in [3.05, 3.63) is 23.5 Å². The maximum absolute atomic E-state index is 12.3. The fraction of sp³-hybridized carbons (Fsp3) is 0.545. The molecule has 0 N–H and O–H groups in total. The zero-order chi connectivity index (χ0) is 13.1. The van der Waals surface area contributed by atoms with Gasteiger partial charge in [-0.05, 0) is 25.0 Å². The predicted octanol–water partition coefficient (Wildman–Crippen LogP) is 2.54. The molecule has 96 valence electrons. The Morgan fingerprint density at radius 3 is 2.47 bits per heavy atom. The predicted molar refractivity (Wildman–Crippen MR) is 68.6 cm³/mol. The summed E-state index contributed by atoms with van der Waals surface area (Å²) in [5, 5.41) is 0.184. The van der Waals surface area contributed by atoms with E-state index in [1.54, 1.807) is 7.05 Å². The van der Waals surface area contributed by atoms with Gasteiger partial charge in [0.15, 0.2) is 0 Å². The van der Waals surface area contributed by atoms with Gasteiger partial charge in [-0.3, -0.25) is 0 Å². The number of hydrogen-bond acceptors (Lipinski definition) is 3. The number of halogens is 1. The Hall–Kier alpha value is -0.650. The Bertz CT molecular complexity index is 472. The van der Waals surface area contributed by atoms with Gasteiger partial charge in [-0.25, -0.2) is 13.4 Å². The van der Waals surface area contributed by atoms with E-state index in [1.165, 1.54) is 22.6 Å². The normalized spacial score (nSPS) is 12.4. The number of rotatable bonds is 5. The topological polar surface area (TPSA) is 50.3 Å². The molecule has 0 spiro atoms. The van der Waals surface area contributed by atoms with Crippen LogP contribution in [0.3, 0.4) is 0 Å². The Morgan fingerprint density at radius 2 is 2.00 bits per heavy atom. The van der Waals surface area contributed by atoms with Gasteiger partial charge in [0.05, 0.1) is 4.90 Å². The lowest BCUT2D eigenvalue weighted by Gasteiger charge is -2.25. The van der Waals surface area contributed by atoms with E-state index in [0.717, 1.165) is 12.8 Å². The van der Waals surface area contributed by atoms with Gasteiger partial charge in [-0.2, -0.15) is 4.31 Å². The number of aromatic nitrogens is 1. The molecule has 0 bridgehead atoms. The molecule has 0 unspecified atom stereocenters. The first kappa shape index (κ1) is 14.4. The van der Waals surface area contributed by atoms with E-state index in [4.69, 9.17) is 11.6 Å². The van der Waals surface area contributed by atoms with Crippen LogP contribution in [0.15, 0.2) is 23.2 Å². The molecule has 0 aliphatic heterocycles. The minimum absolute atomic E-state index is 0.00643. The van der Waals surface area contributed by atoms with Crippen molar-refractivity contribution < 1.29 is 8.42 Å². The van der Waals surface area contributed by atoms with E-state index in [1.807, 2.05) is 13.8 Å². The van der Waals surface area contributed by atoms with Gasteiger partial charge in [0.1, 0.15) is 5.15 Å². The maximum atomic E-state index is 12.3. The summed E-state index contributed by atoms with van der Waals surface area (Å²) < 4.78 is 26.0. The van der Waals surface area contributed by atoms with Gasteiger partial charge >= 0.3 is 0 Å². The van der Waals surface area contributed by atoms with Crippen LogP contribution in [-0.4, -0.2) is 30.8 Å². The summed E-state index contributed by atoms with van der Waals surface area (Å²) >= 11 is 5.71. The first-order valence-corrected chi connectivity index (χ1v) is 7.34. The summed E-state index contributed by atoms with van der Waals surface area (Å²) in [6, 6.07) is 2.84. The number of sulfonamides is 1. The van der Waals surface area contributed by atoms with E-state index in [2.05, 4.69) is 4.98 Å². The van der Waals surface area contributed by atoms with Gasteiger partial charge in [0.25, 0.3) is 0 Å². The Balaban J connectivity index is 3.11. The lowest BCUT2D eigenvalue weighted by molar-refractivity contribution is 0.349. The molecule has 0 aliphatic carbocycles. The molecule has 1 aromatic rings. The number of nitrogens with zero attached hydrogens (tertiary/aromatic N) is 2. The fourth-order valence-corrected chi connectivity index (χ4v) is 3.47. The number of pyridine rings is 1. The van der Waals surface area contributed by atoms with Crippen molar-refractivity contribution in [1.82, 2.24) is 9.29 Å². The molecule has 0 saturated carbocycles. The first-order valence-electron chi connectivity index (χ1n) is 5.53. The van der Waals surface area contributed by atoms with Crippen LogP contribution in [0.4, 0.5) is 0 Å². The van der Waals surface area contributed by atoms with Crippen LogP contribution < -0.4 is 0 Å². The van der Waals surface area contributed by atoms with E-state index in [9.17, 15) is 8.42 Å². The van der Waals surface area contributed by atoms with Crippen molar-refractivity contribution in [2.75, 3.05) is 7.05 Å². The highest BCUT2D eigenvalue weighted by Crippen LogP contribution is 2.20. The summed E-state index contributed by atoms with van der Waals surface area (Å²) in [5.74, 6) is 0. The van der Waals surface area contributed by atoms with Crippen LogP contribution in [0.25, 0.3) is 0 Å². The van der Waals surface area contributed by atoms with E-state index < -0.39 is 10.0 Å². The van der Waals surface area contributed by atoms with Crippen LogP contribution in [-0.2, 0) is 10.0 Å². The zero-order valence-electron chi connectivity index (χ0n) is 10.2. The standard InChI is InChI=1S/C11H17ClN2O2S/c1-4-9(5-2)14(3)17(15,16)10-6-7-13-11(12)8-10/h6-9H,4-5H2,1-3H3. The fourth-order valence-electron chi connectivity index (χ4n) is 1.71. The summed E-state index contributed by atoms with van der Waals surface area (Å²) in [6.45, 7) is 3.94. The van der Waals surface area contributed by atoms with E-state index in [0.29, 0.717) is 0 Å². The average molecular weight is 277 g/mol. The van der Waals surface area contributed by atoms with Crippen LogP contribution in [0, 0.1) is 0 Å². The largest absolute Gasteiger partial charge is 0.244 e. The monoisotopic (exact) mass is 276 g/mol. The molecular weight excluding hydrogens is 260 g/mol. The third kappa shape index (κ3) is 3.18. The lowest BCUT2D eigenvalue weighted by atomic mass is 10.2. The second kappa shape index (κ2) is 5.80. The molecule has 0 amide bonds. The Kier molecular flexibility index (Phi) is 4.91. The first-order chi connectivity index (χ1) is 7.93. The second-order valence-electron chi connectivity index (χ2n) is 3.81. The summed E-state index contributed by atoms with van der Waals surface area (Å²) in [6.07, 6.45) is 2.96. The molecular formula is C11H17ClN2O2S. The minimum Gasteiger partial charge on any atom is -0.244 e. The summed E-state index contributed by atoms with van der Waals surface area (Å²) in [5.41, 5.74) is 0. The minimum atomic E-state index is -3.48. The highest BCUT2D eigenvalue weighted by atomic mass is 35.5. The van der Waals surface area contributed by atoms with Crippen LogP contribution >= 0.6 is 11.6 Å². The molecule has 6 heteroatoms. The molecule has 1 rings (SSSR count). The molecule has 0 aromatic carbocycles. The molecule has 1 heterocycles. The molecule has 0 saturated heterocycles. The Labute approximate surface area is 108 Å². The number of hydrogen-bond donors (Lipinski definition) is 0. The van der Waals surface area contributed by atoms with Crippen molar-refractivity contribution >= 4 is 21.6 Å². The highest BCUT2D eigenvalue weighted by Gasteiger charge is 2.26. The highest BCUT2D eigenvalue weighted by molar-refractivity contribution is 7.89. The molecule has 4 nitrogen and oxygen atoms in total. The summed E-state index contributed by atoms with van der Waals surface area (Å²) in [7, 11) is -1.88. The second-order valence-corrected chi connectivity index (χ2v) is 6.19. The van der Waals surface area contributed by atoms with E-state index >= 15 is 0 Å².